The van der Waals surface area contributed by atoms with Crippen LogP contribution in [0.4, 0.5) is 8.78 Å². The van der Waals surface area contributed by atoms with E-state index in [9.17, 15) is 23.6 Å². The van der Waals surface area contributed by atoms with Gasteiger partial charge in [-0.15, -0.1) is 0 Å². The molecule has 7 heteroatoms. The lowest BCUT2D eigenvalue weighted by Gasteiger charge is -2.29. The molecule has 1 heterocycles. The van der Waals surface area contributed by atoms with Crippen molar-refractivity contribution in [1.29, 1.82) is 5.26 Å². The molecule has 152 valence electrons. The van der Waals surface area contributed by atoms with Gasteiger partial charge in [-0.25, -0.2) is 8.78 Å². The molecule has 1 aliphatic rings. The summed E-state index contributed by atoms with van der Waals surface area (Å²) in [5.41, 5.74) is 2.27. The zero-order valence-electron chi connectivity index (χ0n) is 16.3. The van der Waals surface area contributed by atoms with Gasteiger partial charge in [0.2, 0.25) is 0 Å². The number of halogens is 2. The van der Waals surface area contributed by atoms with Crippen molar-refractivity contribution in [1.82, 2.24) is 5.32 Å². The van der Waals surface area contributed by atoms with E-state index >= 15 is 0 Å². The maximum absolute atomic E-state index is 13.4. The Balaban J connectivity index is 1.94. The summed E-state index contributed by atoms with van der Waals surface area (Å²) in [6.07, 6.45) is 0. The third-order valence-electron chi connectivity index (χ3n) is 4.74. The average molecular weight is 424 g/mol. The number of nitrogens with zero attached hydrogens (tertiary/aromatic N) is 1. The molecule has 2 aromatic rings. The average Bonchev–Trinajstić information content (AvgIpc) is 2.72. The van der Waals surface area contributed by atoms with Crippen molar-refractivity contribution in [2.75, 3.05) is 5.75 Å². The van der Waals surface area contributed by atoms with Gasteiger partial charge in [0, 0.05) is 16.8 Å². The normalized spacial score (nSPS) is 16.2. The van der Waals surface area contributed by atoms with E-state index in [4.69, 9.17) is 0 Å². The van der Waals surface area contributed by atoms with Gasteiger partial charge in [0.1, 0.15) is 11.6 Å². The Bertz CT molecular complexity index is 1100. The lowest BCUT2D eigenvalue weighted by Crippen LogP contribution is -2.27. The molecule has 3 rings (SSSR count). The van der Waals surface area contributed by atoms with E-state index in [2.05, 4.69) is 11.4 Å². The molecule has 1 unspecified atom stereocenters. The van der Waals surface area contributed by atoms with Crippen LogP contribution in [-0.4, -0.2) is 17.3 Å². The van der Waals surface area contributed by atoms with Gasteiger partial charge < -0.3 is 5.32 Å². The van der Waals surface area contributed by atoms with E-state index in [-0.39, 0.29) is 22.9 Å². The molecular formula is C23H18F2N2O2S. The van der Waals surface area contributed by atoms with Gasteiger partial charge in [-0.1, -0.05) is 23.9 Å². The molecule has 0 fully saturated rings. The van der Waals surface area contributed by atoms with Crippen LogP contribution in [0.2, 0.25) is 0 Å². The summed E-state index contributed by atoms with van der Waals surface area (Å²) in [5.74, 6) is -1.89. The minimum Gasteiger partial charge on any atom is -0.353 e. The summed E-state index contributed by atoms with van der Waals surface area (Å²) in [6.45, 7) is 3.14. The molecule has 4 nitrogen and oxygen atoms in total. The number of carbonyl (C=O) groups excluding carboxylic acids is 2. The Kier molecular flexibility index (Phi) is 6.48. The van der Waals surface area contributed by atoms with Crippen molar-refractivity contribution >= 4 is 23.3 Å². The first-order chi connectivity index (χ1) is 14.3. The fourth-order valence-corrected chi connectivity index (χ4v) is 4.33. The van der Waals surface area contributed by atoms with Crippen molar-refractivity contribution in [2.45, 2.75) is 19.8 Å². The Hall–Kier alpha value is -3.24. The van der Waals surface area contributed by atoms with Gasteiger partial charge in [-0.2, -0.15) is 5.26 Å². The highest BCUT2D eigenvalue weighted by Gasteiger charge is 2.33. The smallest absolute Gasteiger partial charge is 0.173 e. The number of carbonyl (C=O) groups is 2. The number of hydrogen-bond acceptors (Lipinski definition) is 5. The Morgan fingerprint density at radius 2 is 1.63 bits per heavy atom. The van der Waals surface area contributed by atoms with Gasteiger partial charge in [-0.05, 0) is 55.8 Å². The third kappa shape index (κ3) is 4.50. The van der Waals surface area contributed by atoms with Crippen LogP contribution in [-0.2, 0) is 4.79 Å². The van der Waals surface area contributed by atoms with Gasteiger partial charge in [0.25, 0.3) is 0 Å². The van der Waals surface area contributed by atoms with Gasteiger partial charge >= 0.3 is 0 Å². The molecule has 1 atom stereocenters. The maximum atomic E-state index is 13.4. The van der Waals surface area contributed by atoms with Crippen LogP contribution >= 0.6 is 11.8 Å². The molecule has 0 saturated heterocycles. The van der Waals surface area contributed by atoms with Crippen molar-refractivity contribution in [3.8, 4) is 6.07 Å². The molecule has 30 heavy (non-hydrogen) atoms. The fraction of sp³-hybridized carbons (Fsp3) is 0.174. The summed E-state index contributed by atoms with van der Waals surface area (Å²) in [4.78, 5) is 24.8. The van der Waals surface area contributed by atoms with Crippen LogP contribution in [0.1, 0.15) is 35.7 Å². The van der Waals surface area contributed by atoms with Gasteiger partial charge in [0.15, 0.2) is 11.6 Å². The highest BCUT2D eigenvalue weighted by molar-refractivity contribution is 8.03. The topological polar surface area (TPSA) is 70.0 Å². The first kappa shape index (κ1) is 21.5. The van der Waals surface area contributed by atoms with E-state index in [1.807, 2.05) is 0 Å². The van der Waals surface area contributed by atoms with E-state index < -0.39 is 17.6 Å². The second-order valence-electron chi connectivity index (χ2n) is 6.78. The molecule has 1 N–H and O–H groups in total. The van der Waals surface area contributed by atoms with Crippen molar-refractivity contribution in [2.24, 2.45) is 0 Å². The maximum Gasteiger partial charge on any atom is 0.173 e. The molecule has 0 aromatic heterocycles. The van der Waals surface area contributed by atoms with E-state index in [0.29, 0.717) is 27.4 Å². The minimum absolute atomic E-state index is 0.0258. The molecule has 0 spiro atoms. The summed E-state index contributed by atoms with van der Waals surface area (Å²) in [7, 11) is 0. The second-order valence-corrected chi connectivity index (χ2v) is 7.76. The lowest BCUT2D eigenvalue weighted by atomic mass is 9.81. The number of dihydropyridines is 1. The first-order valence-electron chi connectivity index (χ1n) is 9.11. The summed E-state index contributed by atoms with van der Waals surface area (Å²) >= 11 is 1.14. The fourth-order valence-electron chi connectivity index (χ4n) is 3.34. The predicted octanol–water partition coefficient (Wildman–Crippen LogP) is 4.87. The Morgan fingerprint density at radius 3 is 2.17 bits per heavy atom. The van der Waals surface area contributed by atoms with Crippen molar-refractivity contribution in [3.63, 3.8) is 0 Å². The minimum atomic E-state index is -0.655. The first-order valence-corrected chi connectivity index (χ1v) is 10.1. The molecule has 0 amide bonds. The number of hydrogen-bond donors (Lipinski definition) is 1. The lowest BCUT2D eigenvalue weighted by molar-refractivity contribution is -0.113. The zero-order chi connectivity index (χ0) is 21.8. The third-order valence-corrected chi connectivity index (χ3v) is 5.76. The second kappa shape index (κ2) is 9.06. The molecule has 0 saturated carbocycles. The molecule has 0 bridgehead atoms. The highest BCUT2D eigenvalue weighted by atomic mass is 32.2. The number of nitrogens with one attached hydrogen (secondary N) is 1. The van der Waals surface area contributed by atoms with E-state index in [1.54, 1.807) is 19.1 Å². The number of allylic oxidation sites excluding steroid dienone is 3. The van der Waals surface area contributed by atoms with Gasteiger partial charge in [-0.3, -0.25) is 9.59 Å². The van der Waals surface area contributed by atoms with Crippen LogP contribution in [0.25, 0.3) is 0 Å². The summed E-state index contributed by atoms with van der Waals surface area (Å²) < 4.78 is 26.5. The van der Waals surface area contributed by atoms with Crippen molar-refractivity contribution in [3.05, 3.63) is 93.2 Å². The van der Waals surface area contributed by atoms with Crippen LogP contribution in [0.5, 0.6) is 0 Å². The highest BCUT2D eigenvalue weighted by Crippen LogP contribution is 2.40. The number of ketones is 2. The van der Waals surface area contributed by atoms with Crippen LogP contribution in [0, 0.1) is 23.0 Å². The molecule has 0 radical (unpaired) electrons. The SMILES string of the molecule is CC(=O)C1=C(C)NC(SCC(=O)c2ccc(F)cc2)=C(C#N)C1c1ccc(F)cc1. The molecule has 2 aromatic carbocycles. The number of thioether (sulfide) groups is 1. The van der Waals surface area contributed by atoms with Crippen LogP contribution in [0.3, 0.4) is 0 Å². The quantitative estimate of drug-likeness (QED) is 0.671. The number of rotatable bonds is 6. The Labute approximate surface area is 177 Å². The number of nitriles is 1. The van der Waals surface area contributed by atoms with Crippen molar-refractivity contribution < 1.29 is 18.4 Å². The summed E-state index contributed by atoms with van der Waals surface area (Å²) in [5, 5.41) is 13.4. The summed E-state index contributed by atoms with van der Waals surface area (Å²) in [6, 6.07) is 13.1. The number of Topliss-reactive ketones (excluding diaryl/α,β-unsaturated/α-hetero) is 2. The van der Waals surface area contributed by atoms with Gasteiger partial charge in [0.05, 0.1) is 28.3 Å². The predicted molar refractivity (Wildman–Crippen MR) is 111 cm³/mol. The van der Waals surface area contributed by atoms with Crippen LogP contribution < -0.4 is 5.32 Å². The molecular weight excluding hydrogens is 406 g/mol. The standard InChI is InChI=1S/C23H18F2N2O2S/c1-13-21(14(2)28)22(16-5-9-18(25)10-6-16)19(11-26)23(27-13)30-12-20(29)15-3-7-17(24)8-4-15/h3-10,22,27H,12H2,1-2H3. The van der Waals surface area contributed by atoms with E-state index in [1.165, 1.54) is 43.3 Å². The number of benzene rings is 2. The van der Waals surface area contributed by atoms with Crippen LogP contribution in [0.15, 0.2) is 70.4 Å². The molecule has 1 aliphatic heterocycles. The Morgan fingerprint density at radius 1 is 1.07 bits per heavy atom. The van der Waals surface area contributed by atoms with E-state index in [0.717, 1.165) is 11.8 Å². The molecule has 0 aliphatic carbocycles. The monoisotopic (exact) mass is 424 g/mol. The zero-order valence-corrected chi connectivity index (χ0v) is 17.1. The largest absolute Gasteiger partial charge is 0.353 e.